The van der Waals surface area contributed by atoms with Gasteiger partial charge in [-0.1, -0.05) is 6.07 Å². The maximum atomic E-state index is 14.2. The average molecular weight is 417 g/mol. The van der Waals surface area contributed by atoms with E-state index < -0.39 is 0 Å². The molecule has 7 nitrogen and oxygen atoms in total. The molecule has 1 amide bonds. The number of carbonyl (C=O) groups is 1. The van der Waals surface area contributed by atoms with E-state index in [1.807, 2.05) is 12.1 Å². The van der Waals surface area contributed by atoms with Gasteiger partial charge in [0.1, 0.15) is 11.3 Å². The molecule has 0 saturated carbocycles. The molecule has 1 aliphatic rings. The van der Waals surface area contributed by atoms with Crippen molar-refractivity contribution in [2.24, 2.45) is 0 Å². The van der Waals surface area contributed by atoms with E-state index in [9.17, 15) is 9.18 Å². The van der Waals surface area contributed by atoms with Gasteiger partial charge in [-0.25, -0.2) is 9.37 Å². The number of hydrogen-bond donors (Lipinski definition) is 3. The summed E-state index contributed by atoms with van der Waals surface area (Å²) in [7, 11) is 1.56. The van der Waals surface area contributed by atoms with Crippen LogP contribution in [0.2, 0.25) is 0 Å². The number of anilines is 2. The molecule has 3 N–H and O–H groups in total. The average Bonchev–Trinajstić information content (AvgIpc) is 3.15. The van der Waals surface area contributed by atoms with Gasteiger partial charge in [0.2, 0.25) is 5.88 Å². The number of ether oxygens (including phenoxy) is 1. The minimum Gasteiger partial charge on any atom is -0.481 e. The predicted octanol–water partition coefficient (Wildman–Crippen LogP) is 4.11. The Kier molecular flexibility index (Phi) is 4.54. The molecule has 4 aromatic rings. The SMILES string of the molecule is COc1ccc2nccc(-c3[nH]c4c(c3Nc3cccc(F)c3C)C(=O)NCC4)c2n1. The standard InChI is InChI=1S/C23H20FN5O2/c1-12-14(24)4-3-5-15(12)27-22-19-16(9-11-26-23(19)30)28-21(22)13-8-10-25-17-6-7-18(31-2)29-20(13)17/h3-8,10,27-28H,9,11H2,1-2H3,(H,26,30). The molecule has 1 aliphatic heterocycles. The molecule has 8 heteroatoms. The number of carbonyl (C=O) groups excluding carboxylic acids is 1. The van der Waals surface area contributed by atoms with Crippen LogP contribution < -0.4 is 15.4 Å². The number of benzene rings is 1. The van der Waals surface area contributed by atoms with Crippen molar-refractivity contribution in [1.82, 2.24) is 20.3 Å². The maximum Gasteiger partial charge on any atom is 0.255 e. The lowest BCUT2D eigenvalue weighted by Crippen LogP contribution is -2.31. The van der Waals surface area contributed by atoms with Crippen LogP contribution in [0.3, 0.4) is 0 Å². The molecule has 0 spiro atoms. The summed E-state index contributed by atoms with van der Waals surface area (Å²) in [5.74, 6) is -0.0309. The van der Waals surface area contributed by atoms with Crippen molar-refractivity contribution in [3.8, 4) is 17.1 Å². The van der Waals surface area contributed by atoms with E-state index in [0.29, 0.717) is 58.1 Å². The van der Waals surface area contributed by atoms with Gasteiger partial charge < -0.3 is 20.4 Å². The minimum absolute atomic E-state index is 0.177. The summed E-state index contributed by atoms with van der Waals surface area (Å²) >= 11 is 0. The summed E-state index contributed by atoms with van der Waals surface area (Å²) in [6.07, 6.45) is 2.36. The first-order chi connectivity index (χ1) is 15.1. The van der Waals surface area contributed by atoms with E-state index in [1.54, 1.807) is 38.4 Å². The van der Waals surface area contributed by atoms with Crippen LogP contribution in [0.1, 0.15) is 21.6 Å². The molecule has 0 atom stereocenters. The van der Waals surface area contributed by atoms with Crippen LogP contribution in [-0.4, -0.2) is 34.5 Å². The van der Waals surface area contributed by atoms with Crippen LogP contribution in [0.15, 0.2) is 42.6 Å². The molecule has 0 fully saturated rings. The molecule has 31 heavy (non-hydrogen) atoms. The molecule has 0 aliphatic carbocycles. The number of nitrogens with one attached hydrogen (secondary N) is 3. The van der Waals surface area contributed by atoms with Crippen LogP contribution in [0, 0.1) is 12.7 Å². The molecule has 0 saturated heterocycles. The first-order valence-electron chi connectivity index (χ1n) is 9.92. The van der Waals surface area contributed by atoms with Crippen molar-refractivity contribution >= 4 is 28.3 Å². The van der Waals surface area contributed by atoms with Gasteiger partial charge in [-0.05, 0) is 31.2 Å². The smallest absolute Gasteiger partial charge is 0.255 e. The summed E-state index contributed by atoms with van der Waals surface area (Å²) in [4.78, 5) is 25.2. The number of amides is 1. The highest BCUT2D eigenvalue weighted by atomic mass is 19.1. The Hall–Kier alpha value is -3.94. The Morgan fingerprint density at radius 2 is 2.06 bits per heavy atom. The fraction of sp³-hybridized carbons (Fsp3) is 0.174. The number of rotatable bonds is 4. The van der Waals surface area contributed by atoms with Crippen molar-refractivity contribution in [2.75, 3.05) is 19.0 Å². The van der Waals surface area contributed by atoms with Crippen LogP contribution in [0.4, 0.5) is 15.8 Å². The first-order valence-corrected chi connectivity index (χ1v) is 9.92. The van der Waals surface area contributed by atoms with Gasteiger partial charge in [-0.3, -0.25) is 9.78 Å². The Morgan fingerprint density at radius 3 is 2.90 bits per heavy atom. The Balaban J connectivity index is 1.76. The normalized spacial score (nSPS) is 13.1. The van der Waals surface area contributed by atoms with Gasteiger partial charge in [-0.15, -0.1) is 0 Å². The lowest BCUT2D eigenvalue weighted by atomic mass is 10.0. The van der Waals surface area contributed by atoms with Gasteiger partial charge in [0, 0.05) is 47.7 Å². The van der Waals surface area contributed by atoms with Crippen molar-refractivity contribution in [1.29, 1.82) is 0 Å². The summed E-state index contributed by atoms with van der Waals surface area (Å²) in [5, 5.41) is 6.19. The molecule has 5 rings (SSSR count). The van der Waals surface area contributed by atoms with Crippen LogP contribution in [-0.2, 0) is 6.42 Å². The van der Waals surface area contributed by atoms with E-state index in [1.165, 1.54) is 6.07 Å². The summed E-state index contributed by atoms with van der Waals surface area (Å²) < 4.78 is 19.5. The second-order valence-corrected chi connectivity index (χ2v) is 7.35. The summed E-state index contributed by atoms with van der Waals surface area (Å²) in [5.41, 5.74) is 5.79. The zero-order chi connectivity index (χ0) is 21.5. The molecule has 0 bridgehead atoms. The number of H-pyrrole nitrogens is 1. The lowest BCUT2D eigenvalue weighted by Gasteiger charge is -2.16. The number of halogens is 1. The lowest BCUT2D eigenvalue weighted by molar-refractivity contribution is 0.0947. The summed E-state index contributed by atoms with van der Waals surface area (Å²) in [6.45, 7) is 2.25. The van der Waals surface area contributed by atoms with E-state index in [0.717, 1.165) is 11.3 Å². The predicted molar refractivity (Wildman–Crippen MR) is 116 cm³/mol. The molecule has 0 radical (unpaired) electrons. The number of hydrogen-bond acceptors (Lipinski definition) is 5. The monoisotopic (exact) mass is 417 g/mol. The van der Waals surface area contributed by atoms with Crippen LogP contribution >= 0.6 is 0 Å². The topological polar surface area (TPSA) is 91.9 Å². The highest BCUT2D eigenvalue weighted by molar-refractivity contribution is 6.08. The third-order valence-electron chi connectivity index (χ3n) is 5.53. The van der Waals surface area contributed by atoms with Crippen LogP contribution in [0.5, 0.6) is 5.88 Å². The second-order valence-electron chi connectivity index (χ2n) is 7.35. The van der Waals surface area contributed by atoms with Crippen molar-refractivity contribution in [3.63, 3.8) is 0 Å². The molecule has 0 unspecified atom stereocenters. The Morgan fingerprint density at radius 1 is 1.19 bits per heavy atom. The fourth-order valence-electron chi connectivity index (χ4n) is 3.91. The fourth-order valence-corrected chi connectivity index (χ4v) is 3.91. The first kappa shape index (κ1) is 19.0. The number of pyridine rings is 2. The van der Waals surface area contributed by atoms with Gasteiger partial charge >= 0.3 is 0 Å². The van der Waals surface area contributed by atoms with Crippen molar-refractivity contribution in [3.05, 3.63) is 65.2 Å². The number of aromatic nitrogens is 3. The molecule has 156 valence electrons. The van der Waals surface area contributed by atoms with Crippen molar-refractivity contribution < 1.29 is 13.9 Å². The Bertz CT molecular complexity index is 1330. The van der Waals surface area contributed by atoms with E-state index in [2.05, 4.69) is 25.6 Å². The minimum atomic E-state index is -0.318. The van der Waals surface area contributed by atoms with E-state index in [4.69, 9.17) is 4.74 Å². The number of nitrogens with zero attached hydrogens (tertiary/aromatic N) is 2. The molecule has 4 heterocycles. The van der Waals surface area contributed by atoms with E-state index in [-0.39, 0.29) is 11.7 Å². The maximum absolute atomic E-state index is 14.2. The van der Waals surface area contributed by atoms with Gasteiger partial charge in [0.05, 0.1) is 29.6 Å². The highest BCUT2D eigenvalue weighted by Gasteiger charge is 2.28. The molecular formula is C23H20FN5O2. The second kappa shape index (κ2) is 7.39. The largest absolute Gasteiger partial charge is 0.481 e. The third-order valence-corrected chi connectivity index (χ3v) is 5.53. The van der Waals surface area contributed by atoms with Crippen molar-refractivity contribution in [2.45, 2.75) is 13.3 Å². The third kappa shape index (κ3) is 3.16. The number of fused-ring (bicyclic) bond motifs is 2. The summed E-state index contributed by atoms with van der Waals surface area (Å²) in [6, 6.07) is 10.3. The highest BCUT2D eigenvalue weighted by Crippen LogP contribution is 2.39. The zero-order valence-electron chi connectivity index (χ0n) is 17.0. The quantitative estimate of drug-likeness (QED) is 0.465. The molecule has 1 aromatic carbocycles. The number of aromatic amines is 1. The zero-order valence-corrected chi connectivity index (χ0v) is 17.0. The van der Waals surface area contributed by atoms with Gasteiger partial charge in [0.15, 0.2) is 0 Å². The van der Waals surface area contributed by atoms with Crippen LogP contribution in [0.25, 0.3) is 22.3 Å². The molecule has 3 aromatic heterocycles. The molecular weight excluding hydrogens is 397 g/mol. The van der Waals surface area contributed by atoms with E-state index >= 15 is 0 Å². The number of methoxy groups -OCH3 is 1. The Labute approximate surface area is 177 Å². The van der Waals surface area contributed by atoms with Gasteiger partial charge in [0.25, 0.3) is 5.91 Å². The van der Waals surface area contributed by atoms with Gasteiger partial charge in [-0.2, -0.15) is 0 Å².